The molecule has 34 heavy (non-hydrogen) atoms. The number of hydrogen-bond acceptors (Lipinski definition) is 5. The summed E-state index contributed by atoms with van der Waals surface area (Å²) in [7, 11) is 0. The monoisotopic (exact) mass is 499 g/mol. The SMILES string of the molecule is CCN(CC)Oc1ccc(C(F)(F)F)cc1C(=O)N=c1sc(C(C)(C)C)cn1C[C@H]1CCCO1. The van der Waals surface area contributed by atoms with E-state index in [9.17, 15) is 18.0 Å². The summed E-state index contributed by atoms with van der Waals surface area (Å²) >= 11 is 1.36. The number of hydroxylamine groups is 2. The van der Waals surface area contributed by atoms with Gasteiger partial charge in [-0.1, -0.05) is 20.8 Å². The Morgan fingerprint density at radius 3 is 2.53 bits per heavy atom. The van der Waals surface area contributed by atoms with E-state index in [2.05, 4.69) is 25.8 Å². The molecule has 1 atom stereocenters. The van der Waals surface area contributed by atoms with E-state index in [1.54, 1.807) is 5.06 Å². The second kappa shape index (κ2) is 10.6. The zero-order valence-corrected chi connectivity index (χ0v) is 21.1. The van der Waals surface area contributed by atoms with E-state index in [0.717, 1.165) is 29.9 Å². The summed E-state index contributed by atoms with van der Waals surface area (Å²) in [5.74, 6) is -0.736. The van der Waals surface area contributed by atoms with Gasteiger partial charge in [-0.15, -0.1) is 16.4 Å². The van der Waals surface area contributed by atoms with Gasteiger partial charge >= 0.3 is 6.18 Å². The van der Waals surface area contributed by atoms with Gasteiger partial charge in [-0.3, -0.25) is 4.79 Å². The molecular weight excluding hydrogens is 467 g/mol. The van der Waals surface area contributed by atoms with Gasteiger partial charge in [-0.05, 0) is 50.3 Å². The van der Waals surface area contributed by atoms with E-state index < -0.39 is 17.6 Å². The minimum atomic E-state index is -4.59. The zero-order valence-electron chi connectivity index (χ0n) is 20.2. The molecule has 1 aromatic carbocycles. The van der Waals surface area contributed by atoms with E-state index in [0.29, 0.717) is 31.0 Å². The van der Waals surface area contributed by atoms with E-state index in [4.69, 9.17) is 9.57 Å². The van der Waals surface area contributed by atoms with Crippen molar-refractivity contribution in [3.8, 4) is 5.75 Å². The predicted octanol–water partition coefficient (Wildman–Crippen LogP) is 5.42. The Morgan fingerprint density at radius 1 is 1.26 bits per heavy atom. The quantitative estimate of drug-likeness (QED) is 0.478. The summed E-state index contributed by atoms with van der Waals surface area (Å²) in [6.45, 7) is 12.1. The van der Waals surface area contributed by atoms with Crippen LogP contribution in [0.25, 0.3) is 0 Å². The first-order valence-corrected chi connectivity index (χ1v) is 12.3. The third kappa shape index (κ3) is 6.49. The van der Waals surface area contributed by atoms with Crippen LogP contribution >= 0.6 is 11.3 Å². The first-order valence-electron chi connectivity index (χ1n) is 11.5. The standard InChI is InChI=1S/C24H32F3N3O3S/c1-6-30(7-2)33-19-11-10-16(24(25,26)27)13-18(19)21(31)28-22-29(14-17-9-8-12-32-17)15-20(34-22)23(3,4)5/h10-11,13,15,17H,6-9,12,14H2,1-5H3/t17-/m1/s1. The molecule has 0 aliphatic carbocycles. The van der Waals surface area contributed by atoms with Crippen LogP contribution in [0.2, 0.25) is 0 Å². The minimum absolute atomic E-state index is 0.0200. The molecule has 1 amide bonds. The van der Waals surface area contributed by atoms with E-state index in [1.807, 2.05) is 24.6 Å². The van der Waals surface area contributed by atoms with Crippen molar-refractivity contribution in [3.05, 3.63) is 45.2 Å². The summed E-state index contributed by atoms with van der Waals surface area (Å²) in [4.78, 5) is 24.7. The van der Waals surface area contributed by atoms with Crippen molar-refractivity contribution in [1.82, 2.24) is 9.63 Å². The van der Waals surface area contributed by atoms with Crippen LogP contribution in [0, 0.1) is 0 Å². The number of carbonyl (C=O) groups excluding carboxylic acids is 1. The number of ether oxygens (including phenoxy) is 1. The van der Waals surface area contributed by atoms with Gasteiger partial charge in [0.1, 0.15) is 0 Å². The van der Waals surface area contributed by atoms with Gasteiger partial charge in [-0.25, -0.2) is 0 Å². The molecule has 1 aromatic heterocycles. The Kier molecular flexibility index (Phi) is 8.26. The van der Waals surface area contributed by atoms with E-state index in [1.165, 1.54) is 17.4 Å². The summed E-state index contributed by atoms with van der Waals surface area (Å²) in [6.07, 6.45) is -0.728. The lowest BCUT2D eigenvalue weighted by Gasteiger charge is -2.20. The Morgan fingerprint density at radius 2 is 1.97 bits per heavy atom. The van der Waals surface area contributed by atoms with Gasteiger partial charge in [0.15, 0.2) is 10.6 Å². The van der Waals surface area contributed by atoms with Crippen LogP contribution in [-0.4, -0.2) is 41.3 Å². The highest BCUT2D eigenvalue weighted by atomic mass is 32.1. The van der Waals surface area contributed by atoms with Crippen LogP contribution in [0.4, 0.5) is 13.2 Å². The molecule has 2 aromatic rings. The second-order valence-corrected chi connectivity index (χ2v) is 10.3. The molecule has 188 valence electrons. The Bertz CT molecular complexity index is 1060. The fourth-order valence-electron chi connectivity index (χ4n) is 3.54. The number of aromatic nitrogens is 1. The summed E-state index contributed by atoms with van der Waals surface area (Å²) in [5, 5.41) is 1.56. The zero-order chi connectivity index (χ0) is 25.1. The van der Waals surface area contributed by atoms with Crippen molar-refractivity contribution in [2.75, 3.05) is 19.7 Å². The van der Waals surface area contributed by atoms with Crippen LogP contribution in [0.1, 0.15) is 68.3 Å². The summed E-state index contributed by atoms with van der Waals surface area (Å²) < 4.78 is 47.8. The molecule has 6 nitrogen and oxygen atoms in total. The number of alkyl halides is 3. The van der Waals surface area contributed by atoms with Crippen molar-refractivity contribution in [2.45, 2.75) is 71.7 Å². The van der Waals surface area contributed by atoms with Gasteiger partial charge < -0.3 is 14.1 Å². The maximum atomic E-state index is 13.4. The van der Waals surface area contributed by atoms with E-state index in [-0.39, 0.29) is 22.8 Å². The molecule has 0 unspecified atom stereocenters. The average molecular weight is 500 g/mol. The molecule has 0 bridgehead atoms. The number of halogens is 3. The predicted molar refractivity (Wildman–Crippen MR) is 125 cm³/mol. The molecule has 0 spiro atoms. The van der Waals surface area contributed by atoms with Crippen molar-refractivity contribution in [3.63, 3.8) is 0 Å². The molecule has 0 N–H and O–H groups in total. The van der Waals surface area contributed by atoms with Gasteiger partial charge in [0.2, 0.25) is 0 Å². The van der Waals surface area contributed by atoms with Crippen LogP contribution in [0.5, 0.6) is 5.75 Å². The maximum Gasteiger partial charge on any atom is 0.416 e. The molecular formula is C24H32F3N3O3S. The highest BCUT2D eigenvalue weighted by Crippen LogP contribution is 2.33. The van der Waals surface area contributed by atoms with Gasteiger partial charge in [0, 0.05) is 30.8 Å². The number of nitrogens with zero attached hydrogens (tertiary/aromatic N) is 3. The van der Waals surface area contributed by atoms with Crippen molar-refractivity contribution in [1.29, 1.82) is 0 Å². The molecule has 0 radical (unpaired) electrons. The van der Waals surface area contributed by atoms with Crippen LogP contribution in [0.3, 0.4) is 0 Å². The van der Waals surface area contributed by atoms with Crippen LogP contribution < -0.4 is 9.64 Å². The molecule has 1 fully saturated rings. The van der Waals surface area contributed by atoms with Gasteiger partial charge in [0.25, 0.3) is 5.91 Å². The first kappa shape index (κ1) is 26.4. The lowest BCUT2D eigenvalue weighted by molar-refractivity contribution is -0.137. The fourth-order valence-corrected chi connectivity index (χ4v) is 4.60. The molecule has 10 heteroatoms. The molecule has 1 aliphatic heterocycles. The number of hydrogen-bond donors (Lipinski definition) is 0. The molecule has 0 saturated carbocycles. The smallest absolute Gasteiger partial charge is 0.405 e. The third-order valence-electron chi connectivity index (χ3n) is 5.55. The lowest BCUT2D eigenvalue weighted by Crippen LogP contribution is -2.28. The van der Waals surface area contributed by atoms with E-state index >= 15 is 0 Å². The largest absolute Gasteiger partial charge is 0.416 e. The number of rotatable bonds is 7. The van der Waals surface area contributed by atoms with Crippen LogP contribution in [0.15, 0.2) is 29.4 Å². The normalized spacial score (nSPS) is 17.6. The Balaban J connectivity index is 2.07. The number of benzene rings is 1. The van der Waals surface area contributed by atoms with Crippen molar-refractivity contribution < 1.29 is 27.5 Å². The summed E-state index contributed by atoms with van der Waals surface area (Å²) in [6, 6.07) is 2.91. The number of amides is 1. The molecule has 1 saturated heterocycles. The topological polar surface area (TPSA) is 56.1 Å². The Hall–Kier alpha value is -2.17. The number of carbonyl (C=O) groups is 1. The molecule has 2 heterocycles. The third-order valence-corrected chi connectivity index (χ3v) is 7.00. The molecule has 3 rings (SSSR count). The second-order valence-electron chi connectivity index (χ2n) is 9.25. The number of thiazole rings is 1. The highest BCUT2D eigenvalue weighted by molar-refractivity contribution is 7.09. The highest BCUT2D eigenvalue weighted by Gasteiger charge is 2.32. The first-order chi connectivity index (χ1) is 15.9. The van der Waals surface area contributed by atoms with Crippen molar-refractivity contribution >= 4 is 17.2 Å². The van der Waals surface area contributed by atoms with Crippen LogP contribution in [-0.2, 0) is 22.9 Å². The summed E-state index contributed by atoms with van der Waals surface area (Å²) in [5.41, 5.74) is -1.32. The molecule has 1 aliphatic rings. The van der Waals surface area contributed by atoms with Crippen molar-refractivity contribution in [2.24, 2.45) is 4.99 Å². The average Bonchev–Trinajstić information content (AvgIpc) is 3.41. The Labute approximate surface area is 202 Å². The van der Waals surface area contributed by atoms with Gasteiger partial charge in [0.05, 0.1) is 23.8 Å². The fraction of sp³-hybridized carbons (Fsp3) is 0.583. The van der Waals surface area contributed by atoms with Gasteiger partial charge in [-0.2, -0.15) is 18.2 Å². The lowest BCUT2D eigenvalue weighted by atomic mass is 9.95. The maximum absolute atomic E-state index is 13.4. The minimum Gasteiger partial charge on any atom is -0.405 e.